The molecular formula is C15H17BrOS. The number of halogens is 1. The van der Waals surface area contributed by atoms with Gasteiger partial charge >= 0.3 is 0 Å². The van der Waals surface area contributed by atoms with E-state index in [0.717, 1.165) is 23.9 Å². The van der Waals surface area contributed by atoms with E-state index in [4.69, 9.17) is 4.74 Å². The van der Waals surface area contributed by atoms with Gasteiger partial charge < -0.3 is 4.74 Å². The van der Waals surface area contributed by atoms with Crippen LogP contribution in [0.4, 0.5) is 0 Å². The summed E-state index contributed by atoms with van der Waals surface area (Å²) in [5.74, 6) is 1.57. The number of hydrogen-bond acceptors (Lipinski definition) is 2. The van der Waals surface area contributed by atoms with E-state index in [0.29, 0.717) is 5.92 Å². The van der Waals surface area contributed by atoms with Crippen LogP contribution in [0.2, 0.25) is 0 Å². The van der Waals surface area contributed by atoms with Crippen molar-refractivity contribution in [2.75, 3.05) is 12.4 Å². The van der Waals surface area contributed by atoms with Crippen LogP contribution in [0.1, 0.15) is 10.4 Å². The Kier molecular flexibility index (Phi) is 5.26. The minimum absolute atomic E-state index is 0.650. The highest BCUT2D eigenvalue weighted by Gasteiger charge is 2.10. The second-order valence-corrected chi connectivity index (χ2v) is 6.04. The molecule has 0 saturated heterocycles. The number of hydrogen-bond donors (Lipinski definition) is 0. The normalized spacial score (nSPS) is 12.3. The van der Waals surface area contributed by atoms with Crippen LogP contribution in [-0.2, 0) is 12.8 Å². The summed E-state index contributed by atoms with van der Waals surface area (Å²) < 4.78 is 5.18. The first kappa shape index (κ1) is 13.6. The van der Waals surface area contributed by atoms with Crippen molar-refractivity contribution in [1.82, 2.24) is 0 Å². The highest BCUT2D eigenvalue weighted by Crippen LogP contribution is 2.21. The molecule has 2 aromatic rings. The third kappa shape index (κ3) is 3.85. The predicted molar refractivity (Wildman–Crippen MR) is 82.0 cm³/mol. The van der Waals surface area contributed by atoms with E-state index in [1.807, 2.05) is 23.5 Å². The van der Waals surface area contributed by atoms with Crippen LogP contribution in [0.5, 0.6) is 5.75 Å². The molecule has 0 fully saturated rings. The van der Waals surface area contributed by atoms with Crippen LogP contribution >= 0.6 is 27.3 Å². The van der Waals surface area contributed by atoms with Crippen LogP contribution in [0.25, 0.3) is 0 Å². The molecule has 18 heavy (non-hydrogen) atoms. The van der Waals surface area contributed by atoms with Crippen LogP contribution < -0.4 is 4.74 Å². The van der Waals surface area contributed by atoms with Gasteiger partial charge in [0, 0.05) is 10.2 Å². The molecule has 0 aliphatic heterocycles. The lowest BCUT2D eigenvalue weighted by Gasteiger charge is -2.13. The van der Waals surface area contributed by atoms with Gasteiger partial charge in [0.25, 0.3) is 0 Å². The van der Waals surface area contributed by atoms with Gasteiger partial charge in [0.05, 0.1) is 7.11 Å². The monoisotopic (exact) mass is 324 g/mol. The number of benzene rings is 1. The van der Waals surface area contributed by atoms with Gasteiger partial charge in [-0.1, -0.05) is 34.1 Å². The van der Waals surface area contributed by atoms with E-state index in [1.54, 1.807) is 7.11 Å². The van der Waals surface area contributed by atoms with Crippen molar-refractivity contribution in [3.63, 3.8) is 0 Å². The van der Waals surface area contributed by atoms with E-state index in [-0.39, 0.29) is 0 Å². The third-order valence-corrected chi connectivity index (χ3v) is 4.79. The van der Waals surface area contributed by atoms with Crippen molar-refractivity contribution < 1.29 is 4.74 Å². The van der Waals surface area contributed by atoms with Crippen LogP contribution in [0.3, 0.4) is 0 Å². The average Bonchev–Trinajstić information content (AvgIpc) is 2.91. The fourth-order valence-corrected chi connectivity index (χ4v) is 3.27. The van der Waals surface area contributed by atoms with Gasteiger partial charge in [-0.25, -0.2) is 0 Å². The van der Waals surface area contributed by atoms with E-state index in [2.05, 4.69) is 45.6 Å². The minimum atomic E-state index is 0.650. The van der Waals surface area contributed by atoms with Crippen molar-refractivity contribution in [3.05, 3.63) is 52.2 Å². The molecule has 1 unspecified atom stereocenters. The van der Waals surface area contributed by atoms with Gasteiger partial charge in [-0.05, 0) is 47.9 Å². The molecule has 0 aliphatic rings. The first-order valence-corrected chi connectivity index (χ1v) is 8.03. The van der Waals surface area contributed by atoms with Crippen LogP contribution in [-0.4, -0.2) is 12.4 Å². The summed E-state index contributed by atoms with van der Waals surface area (Å²) in [6.07, 6.45) is 2.25. The van der Waals surface area contributed by atoms with Gasteiger partial charge in [-0.2, -0.15) is 0 Å². The zero-order chi connectivity index (χ0) is 12.8. The molecule has 0 aliphatic carbocycles. The van der Waals surface area contributed by atoms with Gasteiger partial charge in [0.2, 0.25) is 0 Å². The van der Waals surface area contributed by atoms with E-state index in [9.17, 15) is 0 Å². The standard InChI is InChI=1S/C15H17BrOS/c1-17-14-6-4-12(5-7-14)9-13(11-16)10-15-3-2-8-18-15/h2-8,13H,9-11H2,1H3. The maximum absolute atomic E-state index is 5.18. The highest BCUT2D eigenvalue weighted by atomic mass is 79.9. The fraction of sp³-hybridized carbons (Fsp3) is 0.333. The topological polar surface area (TPSA) is 9.23 Å². The number of rotatable bonds is 6. The lowest BCUT2D eigenvalue weighted by Crippen LogP contribution is -2.09. The van der Waals surface area contributed by atoms with Gasteiger partial charge in [0.15, 0.2) is 0 Å². The first-order valence-electron chi connectivity index (χ1n) is 6.03. The molecule has 0 saturated carbocycles. The molecule has 96 valence electrons. The van der Waals surface area contributed by atoms with Gasteiger partial charge in [0.1, 0.15) is 5.75 Å². The zero-order valence-electron chi connectivity index (χ0n) is 10.4. The maximum Gasteiger partial charge on any atom is 0.118 e. The van der Waals surface area contributed by atoms with Crippen molar-refractivity contribution in [3.8, 4) is 5.75 Å². The summed E-state index contributed by atoms with van der Waals surface area (Å²) in [5, 5.41) is 3.19. The smallest absolute Gasteiger partial charge is 0.118 e. The number of ether oxygens (including phenoxy) is 1. The molecular weight excluding hydrogens is 308 g/mol. The molecule has 0 N–H and O–H groups in total. The Balaban J connectivity index is 1.96. The van der Waals surface area contributed by atoms with E-state index < -0.39 is 0 Å². The Morgan fingerprint density at radius 1 is 1.17 bits per heavy atom. The molecule has 0 radical (unpaired) electrons. The molecule has 0 bridgehead atoms. The molecule has 1 aromatic carbocycles. The lowest BCUT2D eigenvalue weighted by atomic mass is 9.97. The Hall–Kier alpha value is -0.800. The Morgan fingerprint density at radius 3 is 2.50 bits per heavy atom. The highest BCUT2D eigenvalue weighted by molar-refractivity contribution is 9.09. The second-order valence-electron chi connectivity index (χ2n) is 4.36. The maximum atomic E-state index is 5.18. The molecule has 1 heterocycles. The summed E-state index contributed by atoms with van der Waals surface area (Å²) in [4.78, 5) is 1.47. The number of alkyl halides is 1. The molecule has 1 atom stereocenters. The van der Waals surface area contributed by atoms with E-state index >= 15 is 0 Å². The molecule has 1 nitrogen and oxygen atoms in total. The van der Waals surface area contributed by atoms with Gasteiger partial charge in [-0.15, -0.1) is 11.3 Å². The molecule has 0 spiro atoms. The van der Waals surface area contributed by atoms with Crippen molar-refractivity contribution in [2.24, 2.45) is 5.92 Å². The van der Waals surface area contributed by atoms with Crippen molar-refractivity contribution in [2.45, 2.75) is 12.8 Å². The van der Waals surface area contributed by atoms with Crippen molar-refractivity contribution in [1.29, 1.82) is 0 Å². The second kappa shape index (κ2) is 6.95. The third-order valence-electron chi connectivity index (χ3n) is 2.97. The molecule has 1 aromatic heterocycles. The Labute approximate surface area is 121 Å². The number of thiophene rings is 1. The number of methoxy groups -OCH3 is 1. The van der Waals surface area contributed by atoms with Crippen LogP contribution in [0, 0.1) is 5.92 Å². The summed E-state index contributed by atoms with van der Waals surface area (Å²) in [6, 6.07) is 12.7. The summed E-state index contributed by atoms with van der Waals surface area (Å²) in [5.41, 5.74) is 1.37. The molecule has 2 rings (SSSR count). The summed E-state index contributed by atoms with van der Waals surface area (Å²) in [7, 11) is 1.70. The SMILES string of the molecule is COc1ccc(CC(CBr)Cc2cccs2)cc1. The van der Waals surface area contributed by atoms with Gasteiger partial charge in [-0.3, -0.25) is 0 Å². The molecule has 3 heteroatoms. The Morgan fingerprint density at radius 2 is 1.94 bits per heavy atom. The van der Waals surface area contributed by atoms with E-state index in [1.165, 1.54) is 10.4 Å². The fourth-order valence-electron chi connectivity index (χ4n) is 1.99. The quantitative estimate of drug-likeness (QED) is 0.708. The first-order chi connectivity index (χ1) is 8.81. The molecule has 0 amide bonds. The summed E-state index contributed by atoms with van der Waals surface area (Å²) in [6.45, 7) is 0. The average molecular weight is 325 g/mol. The summed E-state index contributed by atoms with van der Waals surface area (Å²) >= 11 is 5.47. The largest absolute Gasteiger partial charge is 0.497 e. The minimum Gasteiger partial charge on any atom is -0.497 e. The lowest BCUT2D eigenvalue weighted by molar-refractivity contribution is 0.414. The van der Waals surface area contributed by atoms with Crippen molar-refractivity contribution >= 4 is 27.3 Å². The Bertz CT molecular complexity index is 450. The van der Waals surface area contributed by atoms with Crippen LogP contribution in [0.15, 0.2) is 41.8 Å². The zero-order valence-corrected chi connectivity index (χ0v) is 12.8. The predicted octanol–water partition coefficient (Wildman–Crippen LogP) is 4.55.